The van der Waals surface area contributed by atoms with Gasteiger partial charge in [0.15, 0.2) is 0 Å². The molecule has 5 nitrogen and oxygen atoms in total. The monoisotopic (exact) mass is 395 g/mol. The highest BCUT2D eigenvalue weighted by molar-refractivity contribution is 6.33. The molecule has 3 rings (SSSR count). The molecule has 12 heteroatoms. The standard InChI is InChI=1S/C14H8ClF6N5/c1-5-23-13-24-11(15)10(9-7(17)2-6(16)3-8(9)18)12(26(13)25-5)22-4-14(19,20)21/h2-3,22H,4H2,1H3. The Balaban J connectivity index is 2.32. The molecule has 0 saturated carbocycles. The largest absolute Gasteiger partial charge is 0.405 e. The molecular formula is C14H8ClF6N5. The molecule has 0 aliphatic heterocycles. The minimum absolute atomic E-state index is 0.140. The number of benzene rings is 1. The lowest BCUT2D eigenvalue weighted by atomic mass is 10.1. The molecule has 0 atom stereocenters. The molecule has 2 heterocycles. The molecule has 0 amide bonds. The van der Waals surface area contributed by atoms with Crippen LogP contribution in [0.15, 0.2) is 12.1 Å². The maximum absolute atomic E-state index is 14.2. The molecule has 0 bridgehead atoms. The fraction of sp³-hybridized carbons (Fsp3) is 0.214. The molecule has 3 aromatic rings. The van der Waals surface area contributed by atoms with E-state index in [4.69, 9.17) is 11.6 Å². The molecule has 2 aromatic heterocycles. The maximum atomic E-state index is 14.2. The number of alkyl halides is 3. The maximum Gasteiger partial charge on any atom is 0.405 e. The Kier molecular flexibility index (Phi) is 4.42. The van der Waals surface area contributed by atoms with Crippen molar-refractivity contribution in [2.24, 2.45) is 0 Å². The normalized spacial score (nSPS) is 12.0. The second-order valence-electron chi connectivity index (χ2n) is 5.21. The highest BCUT2D eigenvalue weighted by atomic mass is 35.5. The molecular weight excluding hydrogens is 388 g/mol. The molecule has 0 aliphatic carbocycles. The average molecular weight is 396 g/mol. The van der Waals surface area contributed by atoms with Gasteiger partial charge in [0, 0.05) is 12.1 Å². The number of hydrogen-bond acceptors (Lipinski definition) is 4. The van der Waals surface area contributed by atoms with Crippen LogP contribution in [0.3, 0.4) is 0 Å². The van der Waals surface area contributed by atoms with Crippen molar-refractivity contribution in [3.8, 4) is 11.1 Å². The summed E-state index contributed by atoms with van der Waals surface area (Å²) >= 11 is 5.95. The fourth-order valence-electron chi connectivity index (χ4n) is 2.32. The molecule has 0 aliphatic rings. The van der Waals surface area contributed by atoms with Crippen molar-refractivity contribution in [1.82, 2.24) is 19.6 Å². The van der Waals surface area contributed by atoms with Crippen LogP contribution in [0.4, 0.5) is 32.2 Å². The van der Waals surface area contributed by atoms with Gasteiger partial charge in [-0.15, -0.1) is 5.10 Å². The first-order chi connectivity index (χ1) is 12.1. The van der Waals surface area contributed by atoms with Crippen molar-refractivity contribution in [3.63, 3.8) is 0 Å². The number of aromatic nitrogens is 4. The van der Waals surface area contributed by atoms with Crippen LogP contribution in [0.1, 0.15) is 5.82 Å². The van der Waals surface area contributed by atoms with Gasteiger partial charge in [-0.1, -0.05) is 11.6 Å². The Morgan fingerprint density at radius 1 is 1.08 bits per heavy atom. The molecule has 0 unspecified atom stereocenters. The van der Waals surface area contributed by atoms with Gasteiger partial charge in [-0.2, -0.15) is 27.7 Å². The summed E-state index contributed by atoms with van der Waals surface area (Å²) in [6.45, 7) is -0.104. The first kappa shape index (κ1) is 18.2. The van der Waals surface area contributed by atoms with Gasteiger partial charge in [-0.25, -0.2) is 13.2 Å². The van der Waals surface area contributed by atoms with E-state index in [9.17, 15) is 26.3 Å². The topological polar surface area (TPSA) is 55.1 Å². The average Bonchev–Trinajstić information content (AvgIpc) is 2.84. The zero-order valence-corrected chi connectivity index (χ0v) is 13.6. The SMILES string of the molecule is Cc1nc2nc(Cl)c(-c3c(F)cc(F)cc3F)c(NCC(F)(F)F)n2n1. The van der Waals surface area contributed by atoms with Crippen LogP contribution >= 0.6 is 11.6 Å². The highest BCUT2D eigenvalue weighted by Gasteiger charge is 2.30. The number of fused-ring (bicyclic) bond motifs is 1. The van der Waals surface area contributed by atoms with Crippen molar-refractivity contribution in [3.05, 3.63) is 40.6 Å². The summed E-state index contributed by atoms with van der Waals surface area (Å²) in [7, 11) is 0. The molecule has 1 aromatic carbocycles. The van der Waals surface area contributed by atoms with E-state index in [0.29, 0.717) is 12.1 Å². The Hall–Kier alpha value is -2.56. The van der Waals surface area contributed by atoms with Gasteiger partial charge in [0.1, 0.15) is 40.8 Å². The van der Waals surface area contributed by atoms with Gasteiger partial charge in [0.05, 0.1) is 11.1 Å². The lowest BCUT2D eigenvalue weighted by Gasteiger charge is -2.16. The molecule has 0 fully saturated rings. The Labute approximate surface area is 146 Å². The predicted molar refractivity (Wildman–Crippen MR) is 80.4 cm³/mol. The summed E-state index contributed by atoms with van der Waals surface area (Å²) in [5.74, 6) is -4.45. The summed E-state index contributed by atoms with van der Waals surface area (Å²) < 4.78 is 80.3. The van der Waals surface area contributed by atoms with Gasteiger partial charge in [-0.3, -0.25) is 0 Å². The number of hydrogen-bond donors (Lipinski definition) is 1. The van der Waals surface area contributed by atoms with Gasteiger partial charge in [0.25, 0.3) is 5.78 Å². The van der Waals surface area contributed by atoms with E-state index in [0.717, 1.165) is 4.52 Å². The smallest absolute Gasteiger partial charge is 0.360 e. The summed E-state index contributed by atoms with van der Waals surface area (Å²) in [6, 6.07) is 0.748. The van der Waals surface area contributed by atoms with E-state index in [1.54, 1.807) is 0 Å². The second kappa shape index (κ2) is 6.31. The summed E-state index contributed by atoms with van der Waals surface area (Å²) in [6.07, 6.45) is -4.64. The van der Waals surface area contributed by atoms with Crippen LogP contribution in [0, 0.1) is 24.4 Å². The Morgan fingerprint density at radius 3 is 2.27 bits per heavy atom. The summed E-state index contributed by atoms with van der Waals surface area (Å²) in [4.78, 5) is 7.65. The van der Waals surface area contributed by atoms with Crippen molar-refractivity contribution in [1.29, 1.82) is 0 Å². The zero-order valence-electron chi connectivity index (χ0n) is 12.8. The number of nitrogens with zero attached hydrogens (tertiary/aromatic N) is 4. The van der Waals surface area contributed by atoms with Crippen LogP contribution in [-0.2, 0) is 0 Å². The van der Waals surface area contributed by atoms with Crippen molar-refractivity contribution in [2.45, 2.75) is 13.1 Å². The highest BCUT2D eigenvalue weighted by Crippen LogP contribution is 2.38. The Morgan fingerprint density at radius 2 is 1.69 bits per heavy atom. The second-order valence-corrected chi connectivity index (χ2v) is 5.57. The Bertz CT molecular complexity index is 977. The zero-order chi connectivity index (χ0) is 19.2. The van der Waals surface area contributed by atoms with E-state index in [-0.39, 0.29) is 11.6 Å². The third-order valence-corrected chi connectivity index (χ3v) is 3.54. The first-order valence-electron chi connectivity index (χ1n) is 6.95. The summed E-state index contributed by atoms with van der Waals surface area (Å²) in [5.41, 5.74) is -1.38. The van der Waals surface area contributed by atoms with Crippen LogP contribution in [-0.4, -0.2) is 32.3 Å². The van der Waals surface area contributed by atoms with Crippen LogP contribution in [0.25, 0.3) is 16.9 Å². The van der Waals surface area contributed by atoms with E-state index in [1.165, 1.54) is 6.92 Å². The number of anilines is 1. The van der Waals surface area contributed by atoms with E-state index < -0.39 is 52.3 Å². The first-order valence-corrected chi connectivity index (χ1v) is 7.33. The van der Waals surface area contributed by atoms with Gasteiger partial charge in [-0.05, 0) is 6.92 Å². The van der Waals surface area contributed by atoms with E-state index in [1.807, 2.05) is 5.32 Å². The van der Waals surface area contributed by atoms with Crippen molar-refractivity contribution < 1.29 is 26.3 Å². The molecule has 0 saturated heterocycles. The van der Waals surface area contributed by atoms with Gasteiger partial charge >= 0.3 is 6.18 Å². The lowest BCUT2D eigenvalue weighted by molar-refractivity contribution is -0.115. The third-order valence-electron chi connectivity index (χ3n) is 3.26. The minimum Gasteiger partial charge on any atom is -0.360 e. The van der Waals surface area contributed by atoms with Crippen LogP contribution in [0.2, 0.25) is 5.15 Å². The van der Waals surface area contributed by atoms with Gasteiger partial charge in [0.2, 0.25) is 0 Å². The molecule has 0 spiro atoms. The summed E-state index contributed by atoms with van der Waals surface area (Å²) in [5, 5.41) is 5.33. The number of rotatable bonds is 3. The fourth-order valence-corrected chi connectivity index (χ4v) is 2.58. The molecule has 1 N–H and O–H groups in total. The predicted octanol–water partition coefficient (Wildman–Crippen LogP) is 4.14. The van der Waals surface area contributed by atoms with E-state index in [2.05, 4.69) is 15.1 Å². The van der Waals surface area contributed by atoms with Gasteiger partial charge < -0.3 is 5.32 Å². The quantitative estimate of drug-likeness (QED) is 0.535. The van der Waals surface area contributed by atoms with Crippen molar-refractivity contribution in [2.75, 3.05) is 11.9 Å². The molecule has 26 heavy (non-hydrogen) atoms. The van der Waals surface area contributed by atoms with E-state index >= 15 is 0 Å². The van der Waals surface area contributed by atoms with Crippen molar-refractivity contribution >= 4 is 23.2 Å². The molecule has 0 radical (unpaired) electrons. The van der Waals surface area contributed by atoms with Crippen LogP contribution in [0.5, 0.6) is 0 Å². The molecule has 138 valence electrons. The van der Waals surface area contributed by atoms with Crippen LogP contribution < -0.4 is 5.32 Å². The number of nitrogens with one attached hydrogen (secondary N) is 1. The lowest BCUT2D eigenvalue weighted by Crippen LogP contribution is -2.23. The minimum atomic E-state index is -4.64. The number of aryl methyl sites for hydroxylation is 1. The number of halogens is 7. The third kappa shape index (κ3) is 3.39.